The normalized spacial score (nSPS) is 26.2. The molecule has 2 rings (SSSR count). The van der Waals surface area contributed by atoms with Crippen molar-refractivity contribution in [1.29, 1.82) is 0 Å². The molecule has 0 aromatic heterocycles. The zero-order chi connectivity index (χ0) is 50.3. The Balaban J connectivity index is 1.79. The first-order valence-electron chi connectivity index (χ1n) is 28.4. The fourth-order valence-corrected chi connectivity index (χ4v) is 9.59. The summed E-state index contributed by atoms with van der Waals surface area (Å²) in [6, 6.07) is -0.908. The lowest BCUT2D eigenvalue weighted by atomic mass is 9.97. The highest BCUT2D eigenvalue weighted by molar-refractivity contribution is 5.76. The zero-order valence-electron chi connectivity index (χ0n) is 43.6. The van der Waals surface area contributed by atoms with Gasteiger partial charge in [-0.15, -0.1) is 0 Å². The number of ether oxygens (including phenoxy) is 4. The van der Waals surface area contributed by atoms with E-state index >= 15 is 0 Å². The molecule has 69 heavy (non-hydrogen) atoms. The summed E-state index contributed by atoms with van der Waals surface area (Å²) in [5, 5.41) is 87.0. The van der Waals surface area contributed by atoms with Gasteiger partial charge in [0.25, 0.3) is 0 Å². The van der Waals surface area contributed by atoms with Gasteiger partial charge in [-0.2, -0.15) is 0 Å². The van der Waals surface area contributed by atoms with Crippen LogP contribution in [-0.2, 0) is 23.7 Å². The Kier molecular flexibility index (Phi) is 39.0. The summed E-state index contributed by atoms with van der Waals surface area (Å²) in [5.41, 5.74) is 0. The van der Waals surface area contributed by atoms with Gasteiger partial charge in [0.1, 0.15) is 48.8 Å². The van der Waals surface area contributed by atoms with Crippen molar-refractivity contribution >= 4 is 5.91 Å². The highest BCUT2D eigenvalue weighted by Crippen LogP contribution is 2.30. The van der Waals surface area contributed by atoms with Crippen molar-refractivity contribution in [1.82, 2.24) is 5.32 Å². The molecule has 0 saturated carbocycles. The molecule has 12 unspecified atom stereocenters. The fourth-order valence-electron chi connectivity index (χ4n) is 9.59. The number of amides is 1. The first kappa shape index (κ1) is 63.8. The number of aliphatic hydroxyl groups is 8. The third kappa shape index (κ3) is 28.7. The van der Waals surface area contributed by atoms with Gasteiger partial charge in [-0.05, 0) is 19.3 Å². The number of allylic oxidation sites excluding steroid dienone is 1. The third-order valence-corrected chi connectivity index (χ3v) is 14.2. The van der Waals surface area contributed by atoms with Crippen molar-refractivity contribution in [3.8, 4) is 0 Å². The van der Waals surface area contributed by atoms with Gasteiger partial charge in [0.15, 0.2) is 12.6 Å². The standard InChI is InChI=1S/C55H105NO13/c1-3-5-7-9-11-13-15-17-19-21-22-23-25-27-29-31-33-35-37-39-47(60)56-43(44(59)38-36-34-32-30-28-26-24-20-18-16-14-12-10-8-6-4-2)42-66-54-52(65)50(63)53(46(41-58)68-54)69-55-51(64)49(62)48(61)45(40-57)67-55/h36,38,43-46,48-55,57-59,61-65H,3-35,37,39-42H2,1-2H3,(H,56,60)/b38-36+. The number of unbranched alkanes of at least 4 members (excludes halogenated alkanes) is 32. The van der Waals surface area contributed by atoms with Crippen LogP contribution >= 0.6 is 0 Å². The minimum atomic E-state index is -1.78. The number of rotatable bonds is 45. The van der Waals surface area contributed by atoms with Crippen molar-refractivity contribution in [3.05, 3.63) is 12.2 Å². The molecule has 2 saturated heterocycles. The maximum atomic E-state index is 13.2. The second kappa shape index (κ2) is 42.1. The second-order valence-electron chi connectivity index (χ2n) is 20.4. The van der Waals surface area contributed by atoms with Crippen LogP contribution in [0.15, 0.2) is 12.2 Å². The van der Waals surface area contributed by atoms with Gasteiger partial charge in [0, 0.05) is 6.42 Å². The number of nitrogens with one attached hydrogen (secondary N) is 1. The van der Waals surface area contributed by atoms with Crippen LogP contribution in [-0.4, -0.2) is 140 Å². The molecule has 408 valence electrons. The molecule has 1 amide bonds. The summed E-state index contributed by atoms with van der Waals surface area (Å²) in [6.45, 7) is 2.82. The largest absolute Gasteiger partial charge is 0.394 e. The molecule has 0 radical (unpaired) electrons. The van der Waals surface area contributed by atoms with Crippen molar-refractivity contribution in [3.63, 3.8) is 0 Å². The van der Waals surface area contributed by atoms with E-state index in [9.17, 15) is 45.6 Å². The zero-order valence-corrected chi connectivity index (χ0v) is 43.6. The summed E-state index contributed by atoms with van der Waals surface area (Å²) in [5.74, 6) is -0.235. The van der Waals surface area contributed by atoms with E-state index < -0.39 is 86.8 Å². The Morgan fingerprint density at radius 1 is 0.507 bits per heavy atom. The predicted octanol–water partition coefficient (Wildman–Crippen LogP) is 8.72. The van der Waals surface area contributed by atoms with Crippen LogP contribution in [0.25, 0.3) is 0 Å². The van der Waals surface area contributed by atoms with Gasteiger partial charge in [0.2, 0.25) is 5.91 Å². The highest BCUT2D eigenvalue weighted by Gasteiger charge is 2.51. The average molecular weight is 988 g/mol. The van der Waals surface area contributed by atoms with Crippen molar-refractivity contribution in [2.75, 3.05) is 19.8 Å². The maximum absolute atomic E-state index is 13.2. The molecule has 0 aromatic carbocycles. The lowest BCUT2D eigenvalue weighted by Gasteiger charge is -2.46. The van der Waals surface area contributed by atoms with E-state index in [4.69, 9.17) is 18.9 Å². The SMILES string of the molecule is CCCCCCCCCCCCCCCC/C=C/C(O)C(COC1OC(CO)C(OC2OC(CO)C(O)C(O)C2O)C(O)C1O)NC(=O)CCCCCCCCCCCCCCCCCCCCC. The van der Waals surface area contributed by atoms with Crippen LogP contribution in [0.4, 0.5) is 0 Å². The molecule has 12 atom stereocenters. The molecule has 9 N–H and O–H groups in total. The van der Waals surface area contributed by atoms with Crippen LogP contribution in [0.3, 0.4) is 0 Å². The van der Waals surface area contributed by atoms with E-state index in [1.807, 2.05) is 6.08 Å². The Labute approximate surface area is 418 Å². The van der Waals surface area contributed by atoms with Crippen LogP contribution in [0, 0.1) is 0 Å². The van der Waals surface area contributed by atoms with Gasteiger partial charge in [0.05, 0.1) is 32.0 Å². The number of carbonyl (C=O) groups excluding carboxylic acids is 1. The summed E-state index contributed by atoms with van der Waals surface area (Å²) >= 11 is 0. The summed E-state index contributed by atoms with van der Waals surface area (Å²) < 4.78 is 22.8. The minimum absolute atomic E-state index is 0.235. The van der Waals surface area contributed by atoms with Gasteiger partial charge in [-0.1, -0.05) is 225 Å². The molecule has 0 spiro atoms. The molecule has 14 heteroatoms. The Morgan fingerprint density at radius 3 is 1.33 bits per heavy atom. The molecule has 0 aromatic rings. The van der Waals surface area contributed by atoms with Crippen molar-refractivity contribution in [2.45, 2.75) is 312 Å². The van der Waals surface area contributed by atoms with Crippen LogP contribution in [0.2, 0.25) is 0 Å². The molecule has 2 heterocycles. The van der Waals surface area contributed by atoms with Crippen LogP contribution in [0.1, 0.15) is 239 Å². The topological polar surface area (TPSA) is 228 Å². The molecule has 14 nitrogen and oxygen atoms in total. The Morgan fingerprint density at radius 2 is 0.899 bits per heavy atom. The van der Waals surface area contributed by atoms with Crippen molar-refractivity contribution in [2.24, 2.45) is 0 Å². The smallest absolute Gasteiger partial charge is 0.220 e. The average Bonchev–Trinajstić information content (AvgIpc) is 3.35. The molecule has 0 bridgehead atoms. The van der Waals surface area contributed by atoms with Crippen LogP contribution in [0.5, 0.6) is 0 Å². The Hall–Kier alpha value is -1.27. The maximum Gasteiger partial charge on any atom is 0.220 e. The first-order valence-corrected chi connectivity index (χ1v) is 28.4. The highest BCUT2D eigenvalue weighted by atomic mass is 16.7. The summed E-state index contributed by atoms with van der Waals surface area (Å²) in [6.07, 6.45) is 29.6. The summed E-state index contributed by atoms with van der Waals surface area (Å²) in [4.78, 5) is 13.2. The van der Waals surface area contributed by atoms with E-state index in [0.29, 0.717) is 6.42 Å². The molecule has 0 aliphatic carbocycles. The molecule has 2 aliphatic heterocycles. The number of aliphatic hydroxyl groups excluding tert-OH is 8. The van der Waals surface area contributed by atoms with Gasteiger partial charge in [-0.3, -0.25) is 4.79 Å². The van der Waals surface area contributed by atoms with E-state index in [1.165, 1.54) is 173 Å². The van der Waals surface area contributed by atoms with Crippen LogP contribution < -0.4 is 5.32 Å². The predicted molar refractivity (Wildman–Crippen MR) is 272 cm³/mol. The van der Waals surface area contributed by atoms with Gasteiger partial charge in [-0.25, -0.2) is 0 Å². The second-order valence-corrected chi connectivity index (χ2v) is 20.4. The van der Waals surface area contributed by atoms with E-state index in [-0.39, 0.29) is 18.9 Å². The molecular formula is C55H105NO13. The molecular weight excluding hydrogens is 883 g/mol. The first-order chi connectivity index (χ1) is 33.6. The minimum Gasteiger partial charge on any atom is -0.394 e. The van der Waals surface area contributed by atoms with Gasteiger partial charge < -0.3 is 65.1 Å². The fraction of sp³-hybridized carbons (Fsp3) is 0.945. The lowest BCUT2D eigenvalue weighted by Crippen LogP contribution is -2.65. The Bertz CT molecular complexity index is 1210. The third-order valence-electron chi connectivity index (χ3n) is 14.2. The number of hydrogen-bond donors (Lipinski definition) is 9. The molecule has 2 aliphatic rings. The lowest BCUT2D eigenvalue weighted by molar-refractivity contribution is -0.359. The quantitative estimate of drug-likeness (QED) is 0.0206. The monoisotopic (exact) mass is 988 g/mol. The number of hydrogen-bond acceptors (Lipinski definition) is 13. The van der Waals surface area contributed by atoms with E-state index in [1.54, 1.807) is 6.08 Å². The van der Waals surface area contributed by atoms with Gasteiger partial charge >= 0.3 is 0 Å². The van der Waals surface area contributed by atoms with E-state index in [0.717, 1.165) is 38.5 Å². The molecule has 2 fully saturated rings. The number of carbonyl (C=O) groups is 1. The summed E-state index contributed by atoms with van der Waals surface area (Å²) in [7, 11) is 0. The van der Waals surface area contributed by atoms with E-state index in [2.05, 4.69) is 19.2 Å². The van der Waals surface area contributed by atoms with Crippen molar-refractivity contribution < 1.29 is 64.6 Å².